The van der Waals surface area contributed by atoms with Crippen LogP contribution in [0.4, 0.5) is 5.69 Å². The first-order chi connectivity index (χ1) is 8.00. The molecule has 1 aromatic rings. The molecule has 0 saturated carbocycles. The van der Waals surface area contributed by atoms with Gasteiger partial charge in [-0.2, -0.15) is 0 Å². The zero-order chi connectivity index (χ0) is 12.8. The van der Waals surface area contributed by atoms with Gasteiger partial charge in [0.15, 0.2) is 0 Å². The molecule has 2 unspecified atom stereocenters. The summed E-state index contributed by atoms with van der Waals surface area (Å²) < 4.78 is 0. The number of rotatable bonds is 5. The first kappa shape index (κ1) is 13.4. The first-order valence-corrected chi connectivity index (χ1v) is 5.31. The quantitative estimate of drug-likeness (QED) is 0.558. The molecule has 0 aliphatic rings. The molecular formula is C11H17N3O3. The van der Waals surface area contributed by atoms with E-state index in [1.807, 2.05) is 0 Å². The minimum Gasteiger partial charge on any atom is -0.397 e. The van der Waals surface area contributed by atoms with E-state index in [9.17, 15) is 15.0 Å². The Kier molecular flexibility index (Phi) is 4.86. The van der Waals surface area contributed by atoms with E-state index in [0.29, 0.717) is 17.8 Å². The van der Waals surface area contributed by atoms with Crippen LogP contribution in [0.15, 0.2) is 18.5 Å². The van der Waals surface area contributed by atoms with Crippen LogP contribution in [0.2, 0.25) is 0 Å². The van der Waals surface area contributed by atoms with E-state index in [0.717, 1.165) is 0 Å². The number of aliphatic hydroxyl groups is 2. The SMILES string of the molecule is CC(=O)NCCC(O)C(O)c1cncc(N)c1. The molecule has 2 atom stereocenters. The van der Waals surface area contributed by atoms with Crippen LogP contribution in [0, 0.1) is 0 Å². The van der Waals surface area contributed by atoms with Gasteiger partial charge in [0.1, 0.15) is 6.10 Å². The molecule has 1 amide bonds. The molecule has 0 radical (unpaired) electrons. The molecule has 0 saturated heterocycles. The predicted octanol–water partition coefficient (Wildman–Crippen LogP) is -0.416. The monoisotopic (exact) mass is 239 g/mol. The van der Waals surface area contributed by atoms with Gasteiger partial charge >= 0.3 is 0 Å². The lowest BCUT2D eigenvalue weighted by atomic mass is 10.0. The van der Waals surface area contributed by atoms with Gasteiger partial charge in [-0.15, -0.1) is 0 Å². The maximum atomic E-state index is 10.6. The molecule has 0 aliphatic carbocycles. The Morgan fingerprint density at radius 1 is 1.53 bits per heavy atom. The predicted molar refractivity (Wildman–Crippen MR) is 62.9 cm³/mol. The Morgan fingerprint density at radius 2 is 2.24 bits per heavy atom. The topological polar surface area (TPSA) is 108 Å². The minimum atomic E-state index is -1.06. The molecule has 1 heterocycles. The van der Waals surface area contributed by atoms with Gasteiger partial charge in [-0.05, 0) is 12.5 Å². The average Bonchev–Trinajstić information content (AvgIpc) is 2.27. The van der Waals surface area contributed by atoms with Crippen LogP contribution < -0.4 is 11.1 Å². The molecule has 0 aliphatic heterocycles. The molecule has 0 bridgehead atoms. The van der Waals surface area contributed by atoms with Gasteiger partial charge in [0.05, 0.1) is 11.8 Å². The fraction of sp³-hybridized carbons (Fsp3) is 0.455. The number of carbonyl (C=O) groups is 1. The highest BCUT2D eigenvalue weighted by molar-refractivity contribution is 5.72. The summed E-state index contributed by atoms with van der Waals surface area (Å²) in [6, 6.07) is 1.55. The zero-order valence-corrected chi connectivity index (χ0v) is 9.63. The van der Waals surface area contributed by atoms with Crippen molar-refractivity contribution in [2.45, 2.75) is 25.6 Å². The van der Waals surface area contributed by atoms with Crippen LogP contribution in [-0.2, 0) is 4.79 Å². The Morgan fingerprint density at radius 3 is 2.82 bits per heavy atom. The van der Waals surface area contributed by atoms with Gasteiger partial charge in [-0.3, -0.25) is 9.78 Å². The van der Waals surface area contributed by atoms with E-state index in [2.05, 4.69) is 10.3 Å². The molecular weight excluding hydrogens is 222 g/mol. The van der Waals surface area contributed by atoms with Crippen molar-refractivity contribution in [3.8, 4) is 0 Å². The number of aromatic nitrogens is 1. The number of hydrogen-bond donors (Lipinski definition) is 4. The van der Waals surface area contributed by atoms with Crippen molar-refractivity contribution in [3.05, 3.63) is 24.0 Å². The van der Waals surface area contributed by atoms with Crippen LogP contribution in [-0.4, -0.2) is 33.8 Å². The number of amides is 1. The van der Waals surface area contributed by atoms with Crippen LogP contribution in [0.25, 0.3) is 0 Å². The molecule has 5 N–H and O–H groups in total. The van der Waals surface area contributed by atoms with Crippen LogP contribution in [0.1, 0.15) is 25.0 Å². The summed E-state index contributed by atoms with van der Waals surface area (Å²) in [5.41, 5.74) is 6.41. The van der Waals surface area contributed by atoms with Gasteiger partial charge < -0.3 is 21.3 Å². The molecule has 94 valence electrons. The summed E-state index contributed by atoms with van der Waals surface area (Å²) in [5, 5.41) is 22.1. The number of nitrogen functional groups attached to an aromatic ring is 1. The summed E-state index contributed by atoms with van der Waals surface area (Å²) in [5.74, 6) is -0.169. The number of nitrogens with one attached hydrogen (secondary N) is 1. The number of hydrogen-bond acceptors (Lipinski definition) is 5. The lowest BCUT2D eigenvalue weighted by Gasteiger charge is -2.18. The lowest BCUT2D eigenvalue weighted by Crippen LogP contribution is -2.27. The molecule has 0 fully saturated rings. The van der Waals surface area contributed by atoms with Crippen molar-refractivity contribution in [1.29, 1.82) is 0 Å². The third-order valence-electron chi connectivity index (χ3n) is 2.30. The highest BCUT2D eigenvalue weighted by Gasteiger charge is 2.18. The van der Waals surface area contributed by atoms with E-state index in [4.69, 9.17) is 5.73 Å². The summed E-state index contributed by atoms with van der Waals surface area (Å²) >= 11 is 0. The van der Waals surface area contributed by atoms with Crippen molar-refractivity contribution in [1.82, 2.24) is 10.3 Å². The Balaban J connectivity index is 2.51. The smallest absolute Gasteiger partial charge is 0.216 e. The second-order valence-corrected chi connectivity index (χ2v) is 3.84. The van der Waals surface area contributed by atoms with E-state index in [1.54, 1.807) is 6.07 Å². The number of nitrogens with two attached hydrogens (primary N) is 1. The standard InChI is InChI=1S/C11H17N3O3/c1-7(15)14-3-2-10(16)11(17)8-4-9(12)6-13-5-8/h4-6,10-11,16-17H,2-3,12H2,1H3,(H,14,15). The summed E-state index contributed by atoms with van der Waals surface area (Å²) in [4.78, 5) is 14.5. The number of pyridine rings is 1. The average molecular weight is 239 g/mol. The number of nitrogens with zero attached hydrogens (tertiary/aromatic N) is 1. The van der Waals surface area contributed by atoms with Gasteiger partial charge in [0.2, 0.25) is 5.91 Å². The van der Waals surface area contributed by atoms with Gasteiger partial charge in [0.25, 0.3) is 0 Å². The van der Waals surface area contributed by atoms with Gasteiger partial charge in [0, 0.05) is 31.4 Å². The Hall–Kier alpha value is -1.66. The Bertz CT molecular complexity index is 384. The third-order valence-corrected chi connectivity index (χ3v) is 2.30. The zero-order valence-electron chi connectivity index (χ0n) is 9.63. The maximum Gasteiger partial charge on any atom is 0.216 e. The van der Waals surface area contributed by atoms with Gasteiger partial charge in [-0.1, -0.05) is 0 Å². The van der Waals surface area contributed by atoms with Crippen molar-refractivity contribution in [2.75, 3.05) is 12.3 Å². The molecule has 6 nitrogen and oxygen atoms in total. The van der Waals surface area contributed by atoms with Crippen LogP contribution >= 0.6 is 0 Å². The molecule has 0 spiro atoms. The van der Waals surface area contributed by atoms with Crippen molar-refractivity contribution in [2.24, 2.45) is 0 Å². The Labute approximate surface area is 99.5 Å². The van der Waals surface area contributed by atoms with Crippen molar-refractivity contribution < 1.29 is 15.0 Å². The van der Waals surface area contributed by atoms with E-state index >= 15 is 0 Å². The highest BCUT2D eigenvalue weighted by Crippen LogP contribution is 2.19. The molecule has 0 aromatic carbocycles. The summed E-state index contributed by atoms with van der Waals surface area (Å²) in [6.45, 7) is 1.70. The van der Waals surface area contributed by atoms with Crippen LogP contribution in [0.3, 0.4) is 0 Å². The summed E-state index contributed by atoms with van der Waals surface area (Å²) in [6.07, 6.45) is 1.14. The fourth-order valence-electron chi connectivity index (χ4n) is 1.41. The fourth-order valence-corrected chi connectivity index (χ4v) is 1.41. The van der Waals surface area contributed by atoms with E-state index in [1.165, 1.54) is 19.3 Å². The highest BCUT2D eigenvalue weighted by atomic mass is 16.3. The molecule has 17 heavy (non-hydrogen) atoms. The second kappa shape index (κ2) is 6.17. The normalized spacial score (nSPS) is 14.1. The largest absolute Gasteiger partial charge is 0.397 e. The first-order valence-electron chi connectivity index (χ1n) is 5.31. The second-order valence-electron chi connectivity index (χ2n) is 3.84. The van der Waals surface area contributed by atoms with Crippen molar-refractivity contribution >= 4 is 11.6 Å². The molecule has 6 heteroatoms. The van der Waals surface area contributed by atoms with E-state index in [-0.39, 0.29) is 12.3 Å². The van der Waals surface area contributed by atoms with E-state index < -0.39 is 12.2 Å². The minimum absolute atomic E-state index is 0.169. The number of aliphatic hydroxyl groups excluding tert-OH is 2. The molecule has 1 aromatic heterocycles. The maximum absolute atomic E-state index is 10.6. The third kappa shape index (κ3) is 4.38. The van der Waals surface area contributed by atoms with Crippen molar-refractivity contribution in [3.63, 3.8) is 0 Å². The number of anilines is 1. The van der Waals surface area contributed by atoms with Crippen LogP contribution in [0.5, 0.6) is 0 Å². The summed E-state index contributed by atoms with van der Waals surface area (Å²) in [7, 11) is 0. The molecule has 1 rings (SSSR count). The van der Waals surface area contributed by atoms with Gasteiger partial charge in [-0.25, -0.2) is 0 Å². The number of carbonyl (C=O) groups excluding carboxylic acids is 1. The lowest BCUT2D eigenvalue weighted by molar-refractivity contribution is -0.119.